The third-order valence-electron chi connectivity index (χ3n) is 4.41. The number of ether oxygens (including phenoxy) is 1. The molecule has 2 N–H and O–H groups in total. The number of benzene rings is 1. The zero-order chi connectivity index (χ0) is 15.3. The molecular weight excluding hydrogens is 262 g/mol. The fourth-order valence-corrected chi connectivity index (χ4v) is 2.71. The lowest BCUT2D eigenvalue weighted by atomic mass is 9.95. The summed E-state index contributed by atoms with van der Waals surface area (Å²) in [6, 6.07) is 8.31. The van der Waals surface area contributed by atoms with Gasteiger partial charge in [0.15, 0.2) is 0 Å². The van der Waals surface area contributed by atoms with Gasteiger partial charge in [-0.1, -0.05) is 32.9 Å². The first-order valence-corrected chi connectivity index (χ1v) is 8.20. The number of hydrogen-bond donors (Lipinski definition) is 2. The van der Waals surface area contributed by atoms with Crippen molar-refractivity contribution in [3.05, 3.63) is 29.8 Å². The Hall–Kier alpha value is -1.06. The summed E-state index contributed by atoms with van der Waals surface area (Å²) in [4.78, 5) is 0. The lowest BCUT2D eigenvalue weighted by Crippen LogP contribution is -2.55. The van der Waals surface area contributed by atoms with Crippen LogP contribution in [0.25, 0.3) is 0 Å². The molecule has 21 heavy (non-hydrogen) atoms. The van der Waals surface area contributed by atoms with Crippen LogP contribution in [0, 0.1) is 5.92 Å². The second kappa shape index (κ2) is 7.28. The second-order valence-electron chi connectivity index (χ2n) is 6.53. The van der Waals surface area contributed by atoms with E-state index in [0.717, 1.165) is 18.7 Å². The highest BCUT2D eigenvalue weighted by Crippen LogP contribution is 2.40. The van der Waals surface area contributed by atoms with Gasteiger partial charge in [-0.2, -0.15) is 0 Å². The number of nitrogens with one attached hydrogen (secondary N) is 1. The lowest BCUT2D eigenvalue weighted by Gasteiger charge is -2.33. The van der Waals surface area contributed by atoms with Crippen LogP contribution < -0.4 is 10.1 Å². The first-order chi connectivity index (χ1) is 10.1. The summed E-state index contributed by atoms with van der Waals surface area (Å²) in [5, 5.41) is 13.4. The summed E-state index contributed by atoms with van der Waals surface area (Å²) in [6.07, 6.45) is 3.44. The predicted octanol–water partition coefficient (Wildman–Crippen LogP) is 3.33. The molecule has 0 heterocycles. The van der Waals surface area contributed by atoms with Crippen LogP contribution in [-0.2, 0) is 0 Å². The largest absolute Gasteiger partial charge is 0.492 e. The summed E-state index contributed by atoms with van der Waals surface area (Å²) in [5.74, 6) is 1.97. The SMILES string of the molecule is CCCNC(CO)(COc1ccc(C(C)C)cc1)C1CC1. The molecule has 0 radical (unpaired) electrons. The number of aliphatic hydroxyl groups excluding tert-OH is 1. The van der Waals surface area contributed by atoms with Crippen molar-refractivity contribution in [3.63, 3.8) is 0 Å². The van der Waals surface area contributed by atoms with Gasteiger partial charge in [-0.3, -0.25) is 0 Å². The molecule has 1 aliphatic carbocycles. The maximum atomic E-state index is 9.87. The van der Waals surface area contributed by atoms with Crippen molar-refractivity contribution in [1.29, 1.82) is 0 Å². The Morgan fingerprint density at radius 3 is 2.43 bits per heavy atom. The molecule has 1 unspecified atom stereocenters. The molecule has 118 valence electrons. The Balaban J connectivity index is 1.97. The molecule has 2 rings (SSSR count). The minimum absolute atomic E-state index is 0.141. The van der Waals surface area contributed by atoms with E-state index < -0.39 is 0 Å². The standard InChI is InChI=1S/C18H29NO2/c1-4-11-19-18(12-20,16-7-8-16)13-21-17-9-5-15(6-10-17)14(2)3/h5-6,9-10,14,16,19-20H,4,7-8,11-13H2,1-3H3. The van der Waals surface area contributed by atoms with Gasteiger partial charge in [0.1, 0.15) is 12.4 Å². The van der Waals surface area contributed by atoms with E-state index in [0.29, 0.717) is 18.4 Å². The van der Waals surface area contributed by atoms with Crippen LogP contribution in [0.3, 0.4) is 0 Å². The zero-order valence-corrected chi connectivity index (χ0v) is 13.6. The van der Waals surface area contributed by atoms with Crippen LogP contribution in [0.4, 0.5) is 0 Å². The molecule has 0 amide bonds. The van der Waals surface area contributed by atoms with E-state index in [4.69, 9.17) is 4.74 Å². The Morgan fingerprint density at radius 2 is 1.95 bits per heavy atom. The van der Waals surface area contributed by atoms with Crippen LogP contribution in [0.1, 0.15) is 51.5 Å². The van der Waals surface area contributed by atoms with Gasteiger partial charge in [0.2, 0.25) is 0 Å². The monoisotopic (exact) mass is 291 g/mol. The second-order valence-corrected chi connectivity index (χ2v) is 6.53. The third-order valence-corrected chi connectivity index (χ3v) is 4.41. The van der Waals surface area contributed by atoms with E-state index in [2.05, 4.69) is 38.2 Å². The number of hydrogen-bond acceptors (Lipinski definition) is 3. The molecule has 0 aromatic heterocycles. The number of rotatable bonds is 9. The molecular formula is C18H29NO2. The van der Waals surface area contributed by atoms with Crippen molar-refractivity contribution in [2.45, 2.75) is 51.5 Å². The molecule has 1 aliphatic rings. The van der Waals surface area contributed by atoms with E-state index in [1.165, 1.54) is 18.4 Å². The molecule has 0 saturated heterocycles. The molecule has 1 saturated carbocycles. The molecule has 3 nitrogen and oxygen atoms in total. The highest BCUT2D eigenvalue weighted by molar-refractivity contribution is 5.29. The Labute approximate surface area is 128 Å². The van der Waals surface area contributed by atoms with Crippen molar-refractivity contribution >= 4 is 0 Å². The molecule has 0 spiro atoms. The maximum absolute atomic E-state index is 9.87. The molecule has 0 bridgehead atoms. The van der Waals surface area contributed by atoms with E-state index in [-0.39, 0.29) is 12.1 Å². The van der Waals surface area contributed by atoms with Gasteiger partial charge in [-0.05, 0) is 55.3 Å². The molecule has 1 aromatic rings. The average Bonchev–Trinajstić information content (AvgIpc) is 3.33. The van der Waals surface area contributed by atoms with Crippen molar-refractivity contribution in [3.8, 4) is 5.75 Å². The number of aliphatic hydroxyl groups is 1. The van der Waals surface area contributed by atoms with Crippen LogP contribution in [-0.4, -0.2) is 30.4 Å². The van der Waals surface area contributed by atoms with Crippen LogP contribution in [0.15, 0.2) is 24.3 Å². The van der Waals surface area contributed by atoms with Gasteiger partial charge in [0.25, 0.3) is 0 Å². The zero-order valence-electron chi connectivity index (χ0n) is 13.6. The summed E-state index contributed by atoms with van der Waals surface area (Å²) < 4.78 is 5.97. The Morgan fingerprint density at radius 1 is 1.29 bits per heavy atom. The maximum Gasteiger partial charge on any atom is 0.119 e. The summed E-state index contributed by atoms with van der Waals surface area (Å²) in [7, 11) is 0. The Bertz CT molecular complexity index is 425. The van der Waals surface area contributed by atoms with Gasteiger partial charge in [-0.25, -0.2) is 0 Å². The summed E-state index contributed by atoms with van der Waals surface area (Å²) in [6.45, 7) is 8.12. The van der Waals surface area contributed by atoms with Crippen molar-refractivity contribution in [2.75, 3.05) is 19.8 Å². The van der Waals surface area contributed by atoms with Gasteiger partial charge in [0, 0.05) is 0 Å². The van der Waals surface area contributed by atoms with Crippen molar-refractivity contribution in [1.82, 2.24) is 5.32 Å². The van der Waals surface area contributed by atoms with E-state index in [1.54, 1.807) is 0 Å². The summed E-state index contributed by atoms with van der Waals surface area (Å²) >= 11 is 0. The molecule has 1 aromatic carbocycles. The highest BCUT2D eigenvalue weighted by atomic mass is 16.5. The van der Waals surface area contributed by atoms with E-state index in [9.17, 15) is 5.11 Å². The first-order valence-electron chi connectivity index (χ1n) is 8.20. The predicted molar refractivity (Wildman–Crippen MR) is 86.9 cm³/mol. The molecule has 0 aliphatic heterocycles. The Kier molecular flexibility index (Phi) is 5.65. The summed E-state index contributed by atoms with van der Waals surface area (Å²) in [5.41, 5.74) is 1.05. The van der Waals surface area contributed by atoms with Gasteiger partial charge >= 0.3 is 0 Å². The van der Waals surface area contributed by atoms with E-state index in [1.807, 2.05) is 12.1 Å². The molecule has 1 fully saturated rings. The third kappa shape index (κ3) is 4.21. The minimum Gasteiger partial charge on any atom is -0.492 e. The normalized spacial score (nSPS) is 17.8. The van der Waals surface area contributed by atoms with Gasteiger partial charge < -0.3 is 15.2 Å². The first kappa shape index (κ1) is 16.3. The van der Waals surface area contributed by atoms with Crippen LogP contribution in [0.5, 0.6) is 5.75 Å². The topological polar surface area (TPSA) is 41.5 Å². The molecule has 1 atom stereocenters. The van der Waals surface area contributed by atoms with Crippen LogP contribution in [0.2, 0.25) is 0 Å². The van der Waals surface area contributed by atoms with Gasteiger partial charge in [-0.15, -0.1) is 0 Å². The minimum atomic E-state index is -0.271. The van der Waals surface area contributed by atoms with Crippen molar-refractivity contribution in [2.24, 2.45) is 5.92 Å². The lowest BCUT2D eigenvalue weighted by molar-refractivity contribution is 0.0851. The van der Waals surface area contributed by atoms with E-state index >= 15 is 0 Å². The average molecular weight is 291 g/mol. The quantitative estimate of drug-likeness (QED) is 0.733. The van der Waals surface area contributed by atoms with Crippen molar-refractivity contribution < 1.29 is 9.84 Å². The smallest absolute Gasteiger partial charge is 0.119 e. The molecule has 3 heteroatoms. The van der Waals surface area contributed by atoms with Gasteiger partial charge in [0.05, 0.1) is 12.1 Å². The highest BCUT2D eigenvalue weighted by Gasteiger charge is 2.45. The van der Waals surface area contributed by atoms with Crippen LogP contribution >= 0.6 is 0 Å². The fraction of sp³-hybridized carbons (Fsp3) is 0.667. The fourth-order valence-electron chi connectivity index (χ4n) is 2.71.